The molecule has 0 amide bonds. The SMILES string of the molecule is COC(=O)C=C(C)C(C)=Nc1ccccc1. The summed E-state index contributed by atoms with van der Waals surface area (Å²) in [7, 11) is 1.36. The van der Waals surface area contributed by atoms with Gasteiger partial charge in [0.05, 0.1) is 12.8 Å². The van der Waals surface area contributed by atoms with E-state index in [0.717, 1.165) is 17.0 Å². The number of aliphatic imine (C=N–C) groups is 1. The molecule has 3 nitrogen and oxygen atoms in total. The molecule has 0 spiro atoms. The summed E-state index contributed by atoms with van der Waals surface area (Å²) in [5, 5.41) is 0. The first-order chi connectivity index (χ1) is 7.63. The molecule has 0 saturated heterocycles. The number of carbonyl (C=O) groups is 1. The Morgan fingerprint density at radius 2 is 1.88 bits per heavy atom. The highest BCUT2D eigenvalue weighted by Crippen LogP contribution is 2.12. The molecule has 0 aliphatic rings. The molecule has 16 heavy (non-hydrogen) atoms. The molecule has 0 aliphatic carbocycles. The number of hydrogen-bond acceptors (Lipinski definition) is 3. The summed E-state index contributed by atoms with van der Waals surface area (Å²) in [6, 6.07) is 9.60. The molecule has 1 aromatic rings. The fourth-order valence-corrected chi connectivity index (χ4v) is 1.12. The van der Waals surface area contributed by atoms with E-state index in [4.69, 9.17) is 0 Å². The fraction of sp³-hybridized carbons (Fsp3) is 0.231. The number of carbonyl (C=O) groups excluding carboxylic acids is 1. The van der Waals surface area contributed by atoms with E-state index >= 15 is 0 Å². The molecule has 0 N–H and O–H groups in total. The number of para-hydroxylation sites is 1. The summed E-state index contributed by atoms with van der Waals surface area (Å²) in [4.78, 5) is 15.4. The zero-order chi connectivity index (χ0) is 12.0. The van der Waals surface area contributed by atoms with Crippen molar-refractivity contribution in [3.8, 4) is 0 Å². The molecule has 1 rings (SSSR count). The number of rotatable bonds is 3. The molecule has 0 bridgehead atoms. The molecule has 0 atom stereocenters. The van der Waals surface area contributed by atoms with Crippen LogP contribution in [0.4, 0.5) is 5.69 Å². The molecule has 0 unspecified atom stereocenters. The van der Waals surface area contributed by atoms with Crippen molar-refractivity contribution >= 4 is 17.4 Å². The maximum absolute atomic E-state index is 11.0. The van der Waals surface area contributed by atoms with E-state index in [1.54, 1.807) is 0 Å². The lowest BCUT2D eigenvalue weighted by atomic mass is 10.2. The number of esters is 1. The Balaban J connectivity index is 2.86. The van der Waals surface area contributed by atoms with Crippen LogP contribution in [0.15, 0.2) is 47.0 Å². The third-order valence-corrected chi connectivity index (χ3v) is 2.16. The Kier molecular flexibility index (Phi) is 4.45. The Hall–Kier alpha value is -1.90. The Bertz CT molecular complexity index is 419. The summed E-state index contributed by atoms with van der Waals surface area (Å²) in [6.07, 6.45) is 1.43. The summed E-state index contributed by atoms with van der Waals surface area (Å²) >= 11 is 0. The first-order valence-electron chi connectivity index (χ1n) is 5.00. The van der Waals surface area contributed by atoms with Crippen molar-refractivity contribution in [2.75, 3.05) is 7.11 Å². The van der Waals surface area contributed by atoms with Crippen LogP contribution in [0.2, 0.25) is 0 Å². The van der Waals surface area contributed by atoms with Crippen LogP contribution in [0.25, 0.3) is 0 Å². The normalized spacial score (nSPS) is 12.4. The van der Waals surface area contributed by atoms with Crippen molar-refractivity contribution in [2.24, 2.45) is 4.99 Å². The van der Waals surface area contributed by atoms with Crippen molar-refractivity contribution < 1.29 is 9.53 Å². The predicted octanol–water partition coefficient (Wildman–Crippen LogP) is 2.90. The van der Waals surface area contributed by atoms with Crippen LogP contribution in [-0.4, -0.2) is 18.8 Å². The van der Waals surface area contributed by atoms with Gasteiger partial charge in [-0.25, -0.2) is 4.79 Å². The van der Waals surface area contributed by atoms with Gasteiger partial charge in [0.25, 0.3) is 0 Å². The molecule has 0 heterocycles. The molecule has 1 aromatic carbocycles. The smallest absolute Gasteiger partial charge is 0.330 e. The van der Waals surface area contributed by atoms with E-state index in [9.17, 15) is 4.79 Å². The second kappa shape index (κ2) is 5.85. The van der Waals surface area contributed by atoms with Crippen LogP contribution in [0.3, 0.4) is 0 Å². The Labute approximate surface area is 95.5 Å². The number of hydrogen-bond donors (Lipinski definition) is 0. The number of ether oxygens (including phenoxy) is 1. The molecule has 0 aliphatic heterocycles. The lowest BCUT2D eigenvalue weighted by Gasteiger charge is -2.00. The van der Waals surface area contributed by atoms with Crippen molar-refractivity contribution in [3.63, 3.8) is 0 Å². The van der Waals surface area contributed by atoms with Crippen molar-refractivity contribution in [2.45, 2.75) is 13.8 Å². The van der Waals surface area contributed by atoms with E-state index < -0.39 is 0 Å². The van der Waals surface area contributed by atoms with Crippen LogP contribution in [0.5, 0.6) is 0 Å². The van der Waals surface area contributed by atoms with Crippen molar-refractivity contribution in [3.05, 3.63) is 42.0 Å². The topological polar surface area (TPSA) is 38.7 Å². The molecule has 0 radical (unpaired) electrons. The molecule has 84 valence electrons. The first-order valence-corrected chi connectivity index (χ1v) is 5.00. The molecular formula is C13H15NO2. The standard InChI is InChI=1S/C13H15NO2/c1-10(9-13(15)16-3)11(2)14-12-7-5-4-6-8-12/h4-9H,1-3H3. The fourth-order valence-electron chi connectivity index (χ4n) is 1.12. The van der Waals surface area contributed by atoms with E-state index in [1.807, 2.05) is 44.2 Å². The summed E-state index contributed by atoms with van der Waals surface area (Å²) < 4.78 is 4.55. The van der Waals surface area contributed by atoms with E-state index in [-0.39, 0.29) is 5.97 Å². The van der Waals surface area contributed by atoms with Crippen LogP contribution in [0, 0.1) is 0 Å². The first kappa shape index (κ1) is 12.2. The zero-order valence-electron chi connectivity index (χ0n) is 9.73. The molecule has 3 heteroatoms. The highest BCUT2D eigenvalue weighted by molar-refractivity contribution is 6.03. The molecule has 0 saturated carbocycles. The minimum absolute atomic E-state index is 0.361. The maximum atomic E-state index is 11.0. The Morgan fingerprint density at radius 1 is 1.25 bits per heavy atom. The van der Waals surface area contributed by atoms with Crippen LogP contribution in [0.1, 0.15) is 13.8 Å². The van der Waals surface area contributed by atoms with E-state index in [1.165, 1.54) is 13.2 Å². The average molecular weight is 217 g/mol. The van der Waals surface area contributed by atoms with E-state index in [0.29, 0.717) is 0 Å². The van der Waals surface area contributed by atoms with Crippen LogP contribution < -0.4 is 0 Å². The Morgan fingerprint density at radius 3 is 2.44 bits per heavy atom. The van der Waals surface area contributed by atoms with Crippen molar-refractivity contribution in [1.82, 2.24) is 0 Å². The highest BCUT2D eigenvalue weighted by Gasteiger charge is 2.00. The highest BCUT2D eigenvalue weighted by atomic mass is 16.5. The zero-order valence-corrected chi connectivity index (χ0v) is 9.73. The number of allylic oxidation sites excluding steroid dienone is 1. The molecule has 0 aromatic heterocycles. The number of methoxy groups -OCH3 is 1. The maximum Gasteiger partial charge on any atom is 0.330 e. The van der Waals surface area contributed by atoms with Gasteiger partial charge in [0.1, 0.15) is 0 Å². The summed E-state index contributed by atoms with van der Waals surface area (Å²) in [6.45, 7) is 3.69. The lowest BCUT2D eigenvalue weighted by Crippen LogP contribution is -2.00. The lowest BCUT2D eigenvalue weighted by molar-refractivity contribution is -0.134. The average Bonchev–Trinajstić information content (AvgIpc) is 2.30. The second-order valence-electron chi connectivity index (χ2n) is 3.38. The van der Waals surface area contributed by atoms with Crippen molar-refractivity contribution in [1.29, 1.82) is 0 Å². The van der Waals surface area contributed by atoms with Gasteiger partial charge in [-0.15, -0.1) is 0 Å². The van der Waals surface area contributed by atoms with Gasteiger partial charge in [-0.3, -0.25) is 4.99 Å². The quantitative estimate of drug-likeness (QED) is 0.443. The summed E-state index contributed by atoms with van der Waals surface area (Å²) in [5.41, 5.74) is 2.48. The third-order valence-electron chi connectivity index (χ3n) is 2.16. The molecular weight excluding hydrogens is 202 g/mol. The minimum Gasteiger partial charge on any atom is -0.466 e. The van der Waals surface area contributed by atoms with Gasteiger partial charge in [0, 0.05) is 11.8 Å². The molecule has 0 fully saturated rings. The number of nitrogens with zero attached hydrogens (tertiary/aromatic N) is 1. The van der Waals surface area contributed by atoms with Crippen LogP contribution in [-0.2, 0) is 9.53 Å². The predicted molar refractivity (Wildman–Crippen MR) is 65.0 cm³/mol. The van der Waals surface area contributed by atoms with E-state index in [2.05, 4.69) is 9.73 Å². The minimum atomic E-state index is -0.361. The van der Waals surface area contributed by atoms with Crippen LogP contribution >= 0.6 is 0 Å². The van der Waals surface area contributed by atoms with Gasteiger partial charge in [-0.1, -0.05) is 18.2 Å². The van der Waals surface area contributed by atoms with Gasteiger partial charge >= 0.3 is 5.97 Å². The van der Waals surface area contributed by atoms with Gasteiger partial charge in [-0.05, 0) is 31.6 Å². The second-order valence-corrected chi connectivity index (χ2v) is 3.38. The summed E-state index contributed by atoms with van der Waals surface area (Å²) in [5.74, 6) is -0.361. The third kappa shape index (κ3) is 3.69. The number of benzene rings is 1. The van der Waals surface area contributed by atoms with Gasteiger partial charge < -0.3 is 4.74 Å². The van der Waals surface area contributed by atoms with Gasteiger partial charge in [0.2, 0.25) is 0 Å². The monoisotopic (exact) mass is 217 g/mol. The van der Waals surface area contributed by atoms with Gasteiger partial charge in [-0.2, -0.15) is 0 Å². The largest absolute Gasteiger partial charge is 0.466 e. The van der Waals surface area contributed by atoms with Gasteiger partial charge in [0.15, 0.2) is 0 Å².